The molecule has 0 aromatic heterocycles. The number of ether oxygens (including phenoxy) is 2. The average molecular weight is 242 g/mol. The Kier molecular flexibility index (Phi) is 17.1. The Hall–Kier alpha value is 1.03. The molecule has 0 aromatic rings. The summed E-state index contributed by atoms with van der Waals surface area (Å²) in [5.74, 6) is 0. The summed E-state index contributed by atoms with van der Waals surface area (Å²) in [6.45, 7) is 3.05. The molecule has 1 aliphatic carbocycles. The van der Waals surface area contributed by atoms with Crippen LogP contribution in [0, 0.1) is 0 Å². The molecule has 96 valence electrons. The number of rotatable bonds is 8. The smallest absolute Gasteiger partial charge is 0.659 e. The Balaban J connectivity index is 0. The van der Waals surface area contributed by atoms with Crippen molar-refractivity contribution in [2.45, 2.75) is 37.8 Å². The summed E-state index contributed by atoms with van der Waals surface area (Å²) in [6, 6.07) is 0.835. The van der Waals surface area contributed by atoms with Crippen molar-refractivity contribution in [1.82, 2.24) is 0 Å². The Bertz CT molecular complexity index is 158. The molecule has 0 aliphatic heterocycles. The van der Waals surface area contributed by atoms with Gasteiger partial charge in [-0.05, 0) is 0 Å². The van der Waals surface area contributed by atoms with Crippen molar-refractivity contribution in [2.24, 2.45) is 0 Å². The molecule has 0 unspecified atom stereocenters. The van der Waals surface area contributed by atoms with E-state index in [1.54, 1.807) is 14.2 Å². The van der Waals surface area contributed by atoms with Crippen LogP contribution in [0.5, 0.6) is 0 Å². The Morgan fingerprint density at radius 1 is 0.833 bits per heavy atom. The van der Waals surface area contributed by atoms with Crippen molar-refractivity contribution in [3.8, 4) is 0 Å². The molecule has 1 saturated carbocycles. The van der Waals surface area contributed by atoms with Gasteiger partial charge in [-0.25, -0.2) is 0 Å². The fraction of sp³-hybridized carbons (Fsp3) is 1.00. The third-order valence-corrected chi connectivity index (χ3v) is 3.01. The van der Waals surface area contributed by atoms with E-state index < -0.39 is 0 Å². The monoisotopic (exact) mass is 242 g/mol. The van der Waals surface area contributed by atoms with Crippen LogP contribution in [0.4, 0.5) is 0 Å². The largest absolute Gasteiger partial charge is 1.00 e. The van der Waals surface area contributed by atoms with Crippen molar-refractivity contribution in [3.05, 3.63) is 10.6 Å². The fourth-order valence-electron chi connectivity index (χ4n) is 2.14. The minimum atomic E-state index is 0. The van der Waals surface area contributed by atoms with Crippen LogP contribution in [0.2, 0.25) is 0 Å². The Labute approximate surface area is 136 Å². The van der Waals surface area contributed by atoms with E-state index in [2.05, 4.69) is 10.6 Å². The molecular weight excluding hydrogens is 218 g/mol. The van der Waals surface area contributed by atoms with E-state index in [4.69, 9.17) is 9.47 Å². The van der Waals surface area contributed by atoms with E-state index in [1.165, 1.54) is 25.7 Å². The molecule has 1 fully saturated rings. The van der Waals surface area contributed by atoms with Gasteiger partial charge in [0.2, 0.25) is 0 Å². The first-order chi connectivity index (χ1) is 7.88. The topological polar surface area (TPSA) is 46.7 Å². The predicted octanol–water partition coefficient (Wildman–Crippen LogP) is -3.65. The molecule has 0 saturated heterocycles. The van der Waals surface area contributed by atoms with Gasteiger partial charge in [-0.3, -0.25) is 0 Å². The van der Waals surface area contributed by atoms with Gasteiger partial charge >= 0.3 is 37.7 Å². The van der Waals surface area contributed by atoms with Gasteiger partial charge in [-0.1, -0.05) is 25.7 Å². The van der Waals surface area contributed by atoms with Crippen molar-refractivity contribution in [2.75, 3.05) is 40.5 Å². The number of hydrogen-bond acceptors (Lipinski definition) is 2. The predicted molar refractivity (Wildman–Crippen MR) is 66.2 cm³/mol. The van der Waals surface area contributed by atoms with Crippen molar-refractivity contribution in [3.63, 3.8) is 0 Å². The zero-order valence-electron chi connectivity index (χ0n) is 12.5. The third-order valence-electron chi connectivity index (χ3n) is 3.01. The average Bonchev–Trinajstić information content (AvgIpc) is 2.32. The van der Waals surface area contributed by atoms with E-state index in [-0.39, 0.29) is 37.7 Å². The van der Waals surface area contributed by atoms with E-state index in [0.29, 0.717) is 12.1 Å². The van der Waals surface area contributed by atoms with E-state index in [1.807, 2.05) is 0 Å². The molecule has 1 rings (SSSR count). The molecule has 4 nitrogen and oxygen atoms in total. The van der Waals surface area contributed by atoms with E-state index in [0.717, 1.165) is 26.3 Å². The van der Waals surface area contributed by atoms with Gasteiger partial charge in [-0.15, -0.1) is 13.1 Å². The minimum Gasteiger partial charge on any atom is -0.659 e. The maximum Gasteiger partial charge on any atom is 1.00 e. The van der Waals surface area contributed by atoms with Gasteiger partial charge in [0, 0.05) is 27.4 Å². The zero-order chi connectivity index (χ0) is 11.6. The third kappa shape index (κ3) is 9.02. The van der Waals surface area contributed by atoms with Gasteiger partial charge in [0.25, 0.3) is 0 Å². The van der Waals surface area contributed by atoms with E-state index in [9.17, 15) is 0 Å². The summed E-state index contributed by atoms with van der Waals surface area (Å²) in [5.41, 5.74) is 0. The summed E-state index contributed by atoms with van der Waals surface area (Å²) >= 11 is 0. The van der Waals surface area contributed by atoms with Crippen molar-refractivity contribution >= 4 is 0 Å². The Morgan fingerprint density at radius 3 is 1.56 bits per heavy atom. The summed E-state index contributed by atoms with van der Waals surface area (Å²) in [5, 5.41) is 9.35. The summed E-state index contributed by atoms with van der Waals surface area (Å²) in [6.07, 6.45) is 4.95. The number of nitrogens with zero attached hydrogens (tertiary/aromatic N) is 2. The molecule has 0 amide bonds. The second-order valence-corrected chi connectivity index (χ2v) is 4.22. The first-order valence-corrected chi connectivity index (χ1v) is 6.19. The van der Waals surface area contributed by atoms with Crippen LogP contribution < -0.4 is 37.7 Å². The molecule has 0 heterocycles. The van der Waals surface area contributed by atoms with Gasteiger partial charge in [0.15, 0.2) is 0 Å². The second-order valence-electron chi connectivity index (χ2n) is 4.22. The van der Waals surface area contributed by atoms with Crippen LogP contribution in [0.15, 0.2) is 0 Å². The fourth-order valence-corrected chi connectivity index (χ4v) is 2.14. The van der Waals surface area contributed by atoms with Gasteiger partial charge in [0.05, 0.1) is 0 Å². The second kappa shape index (κ2) is 14.4. The van der Waals surface area contributed by atoms with Crippen LogP contribution in [0.3, 0.4) is 0 Å². The van der Waals surface area contributed by atoms with Crippen LogP contribution in [-0.4, -0.2) is 52.6 Å². The molecule has 0 aromatic carbocycles. The van der Waals surface area contributed by atoms with Crippen molar-refractivity contribution < 1.29 is 47.2 Å². The maximum atomic E-state index is 5.02. The molecule has 18 heavy (non-hydrogen) atoms. The van der Waals surface area contributed by atoms with Gasteiger partial charge in [-0.2, -0.15) is 12.1 Å². The SMILES string of the molecule is COCC[N-][C@@H]1CCCC[C@H]1[N-]CCOC.[Li+].[Li+]. The van der Waals surface area contributed by atoms with Crippen LogP contribution in [-0.2, 0) is 9.47 Å². The minimum absolute atomic E-state index is 0. The molecule has 0 bridgehead atoms. The molecule has 2 atom stereocenters. The van der Waals surface area contributed by atoms with Crippen LogP contribution >= 0.6 is 0 Å². The Morgan fingerprint density at radius 2 is 1.22 bits per heavy atom. The zero-order valence-corrected chi connectivity index (χ0v) is 12.5. The standard InChI is InChI=1S/C12H24N2O2.2Li/c1-15-9-7-13-11-5-3-4-6-12(11)14-8-10-16-2;;/h11-12H,3-10H2,1-2H3;;/q-2;2*+1/t11-,12-;;/m1../s1. The molecule has 0 spiro atoms. The molecule has 1 aliphatic rings. The van der Waals surface area contributed by atoms with Crippen LogP contribution in [0.25, 0.3) is 10.6 Å². The maximum absolute atomic E-state index is 5.02. The molecular formula is C12H24Li2N2O2. The van der Waals surface area contributed by atoms with Crippen LogP contribution in [0.1, 0.15) is 25.7 Å². The molecule has 0 N–H and O–H groups in total. The van der Waals surface area contributed by atoms with Gasteiger partial charge in [0.1, 0.15) is 0 Å². The first-order valence-electron chi connectivity index (χ1n) is 6.19. The normalized spacial score (nSPS) is 23.0. The summed E-state index contributed by atoms with van der Waals surface area (Å²) in [7, 11) is 3.44. The summed E-state index contributed by atoms with van der Waals surface area (Å²) in [4.78, 5) is 0. The molecule has 6 heteroatoms. The number of methoxy groups -OCH3 is 2. The quantitative estimate of drug-likeness (QED) is 0.325. The molecule has 0 radical (unpaired) electrons. The van der Waals surface area contributed by atoms with E-state index >= 15 is 0 Å². The van der Waals surface area contributed by atoms with Crippen molar-refractivity contribution in [1.29, 1.82) is 0 Å². The first kappa shape index (κ1) is 21.3. The number of hydrogen-bond donors (Lipinski definition) is 0. The van der Waals surface area contributed by atoms with Gasteiger partial charge < -0.3 is 20.1 Å². The summed E-state index contributed by atoms with van der Waals surface area (Å²) < 4.78 is 10.0.